The van der Waals surface area contributed by atoms with Gasteiger partial charge in [0.25, 0.3) is 5.91 Å². The van der Waals surface area contributed by atoms with Crippen LogP contribution in [-0.2, 0) is 23.9 Å². The van der Waals surface area contributed by atoms with Crippen molar-refractivity contribution in [3.63, 3.8) is 0 Å². The summed E-state index contributed by atoms with van der Waals surface area (Å²) in [5.74, 6) is -2.77. The van der Waals surface area contributed by atoms with E-state index in [9.17, 15) is 19.2 Å². The van der Waals surface area contributed by atoms with Gasteiger partial charge >= 0.3 is 5.97 Å². The zero-order chi connectivity index (χ0) is 21.3. The lowest BCUT2D eigenvalue weighted by molar-refractivity contribution is -0.158. The van der Waals surface area contributed by atoms with E-state index < -0.39 is 36.4 Å². The number of imide groups is 1. The first kappa shape index (κ1) is 19.8. The molecule has 30 heavy (non-hydrogen) atoms. The standard InChI is InChI=1S/C23H22N2O5/c1-14(21(27)24-17-11-10-15-6-2-3-7-16(15)12-17)30-20(26)13-25-22(28)18-8-4-5-9-19(18)23(25)29/h2-7,10-12,14,18-19H,8-9,13H2,1H3,(H,24,27)/t14-,18-,19+/m1/s1. The highest BCUT2D eigenvalue weighted by molar-refractivity contribution is 6.07. The van der Waals surface area contributed by atoms with E-state index in [2.05, 4.69) is 5.32 Å². The van der Waals surface area contributed by atoms with Crippen molar-refractivity contribution in [1.29, 1.82) is 0 Å². The molecule has 1 aliphatic heterocycles. The number of carbonyl (C=O) groups is 4. The molecule has 2 aromatic rings. The topological polar surface area (TPSA) is 92.8 Å². The summed E-state index contributed by atoms with van der Waals surface area (Å²) in [6, 6.07) is 13.2. The maximum atomic E-state index is 12.4. The molecule has 154 valence electrons. The molecule has 0 saturated carbocycles. The van der Waals surface area contributed by atoms with Gasteiger partial charge in [-0.25, -0.2) is 0 Å². The van der Waals surface area contributed by atoms with E-state index in [-0.39, 0.29) is 11.8 Å². The molecular formula is C23H22N2O5. The molecule has 0 aromatic heterocycles. The number of benzene rings is 2. The number of hydrogen-bond acceptors (Lipinski definition) is 5. The van der Waals surface area contributed by atoms with Gasteiger partial charge in [-0.05, 0) is 42.7 Å². The summed E-state index contributed by atoms with van der Waals surface area (Å²) in [7, 11) is 0. The van der Waals surface area contributed by atoms with E-state index in [0.717, 1.165) is 15.7 Å². The van der Waals surface area contributed by atoms with E-state index in [1.54, 1.807) is 6.07 Å². The minimum absolute atomic E-state index is 0.348. The van der Waals surface area contributed by atoms with Crippen molar-refractivity contribution in [2.24, 2.45) is 11.8 Å². The summed E-state index contributed by atoms with van der Waals surface area (Å²) in [4.78, 5) is 50.5. The molecule has 0 radical (unpaired) electrons. The Morgan fingerprint density at radius 3 is 2.33 bits per heavy atom. The van der Waals surface area contributed by atoms with Gasteiger partial charge < -0.3 is 10.1 Å². The Labute approximate surface area is 173 Å². The average molecular weight is 406 g/mol. The van der Waals surface area contributed by atoms with Gasteiger partial charge in [0.05, 0.1) is 11.8 Å². The van der Waals surface area contributed by atoms with Crippen LogP contribution in [0.5, 0.6) is 0 Å². The third kappa shape index (κ3) is 3.83. The molecule has 0 unspecified atom stereocenters. The summed E-state index contributed by atoms with van der Waals surface area (Å²) in [6.07, 6.45) is 3.71. The normalized spacial score (nSPS) is 21.4. The molecule has 3 atom stereocenters. The number of ether oxygens (including phenoxy) is 1. The van der Waals surface area contributed by atoms with E-state index in [1.165, 1.54) is 6.92 Å². The molecular weight excluding hydrogens is 384 g/mol. The number of nitrogens with zero attached hydrogens (tertiary/aromatic N) is 1. The fraction of sp³-hybridized carbons (Fsp3) is 0.304. The number of esters is 1. The molecule has 7 heteroatoms. The third-order valence-electron chi connectivity index (χ3n) is 5.58. The lowest BCUT2D eigenvalue weighted by Gasteiger charge is -2.17. The molecule has 1 fully saturated rings. The van der Waals surface area contributed by atoms with Crippen molar-refractivity contribution in [3.8, 4) is 0 Å². The van der Waals surface area contributed by atoms with Crippen LogP contribution in [0.4, 0.5) is 5.69 Å². The predicted molar refractivity (Wildman–Crippen MR) is 110 cm³/mol. The minimum Gasteiger partial charge on any atom is -0.451 e. The lowest BCUT2D eigenvalue weighted by Crippen LogP contribution is -2.39. The Bertz CT molecular complexity index is 1030. The van der Waals surface area contributed by atoms with Crippen LogP contribution in [0.15, 0.2) is 54.6 Å². The fourth-order valence-corrected chi connectivity index (χ4v) is 3.95. The summed E-state index contributed by atoms with van der Waals surface area (Å²) >= 11 is 0. The van der Waals surface area contributed by atoms with Crippen LogP contribution in [0, 0.1) is 11.8 Å². The number of carbonyl (C=O) groups excluding carboxylic acids is 4. The molecule has 0 bridgehead atoms. The van der Waals surface area contributed by atoms with Gasteiger partial charge in [-0.15, -0.1) is 0 Å². The van der Waals surface area contributed by atoms with Gasteiger partial charge in [0.2, 0.25) is 11.8 Å². The maximum Gasteiger partial charge on any atom is 0.326 e. The van der Waals surface area contributed by atoms with Crippen LogP contribution in [0.3, 0.4) is 0 Å². The van der Waals surface area contributed by atoms with Crippen molar-refractivity contribution >= 4 is 40.2 Å². The second-order valence-electron chi connectivity index (χ2n) is 7.60. The van der Waals surface area contributed by atoms with Crippen molar-refractivity contribution in [2.45, 2.75) is 25.9 Å². The highest BCUT2D eigenvalue weighted by atomic mass is 16.5. The zero-order valence-electron chi connectivity index (χ0n) is 16.5. The van der Waals surface area contributed by atoms with Crippen LogP contribution in [0.1, 0.15) is 19.8 Å². The van der Waals surface area contributed by atoms with E-state index in [4.69, 9.17) is 4.74 Å². The Kier molecular flexibility index (Phi) is 5.35. The Balaban J connectivity index is 1.34. The van der Waals surface area contributed by atoms with E-state index >= 15 is 0 Å². The number of anilines is 1. The summed E-state index contributed by atoms with van der Waals surface area (Å²) in [5, 5.41) is 4.74. The molecule has 2 aliphatic rings. The Morgan fingerprint density at radius 2 is 1.67 bits per heavy atom. The highest BCUT2D eigenvalue weighted by Crippen LogP contribution is 2.34. The minimum atomic E-state index is -1.07. The molecule has 4 rings (SSSR count). The number of rotatable bonds is 5. The number of nitrogens with one attached hydrogen (secondary N) is 1. The highest BCUT2D eigenvalue weighted by Gasteiger charge is 2.47. The summed E-state index contributed by atoms with van der Waals surface area (Å²) < 4.78 is 5.17. The smallest absolute Gasteiger partial charge is 0.326 e. The largest absolute Gasteiger partial charge is 0.451 e. The molecule has 1 aliphatic carbocycles. The summed E-state index contributed by atoms with van der Waals surface area (Å²) in [5.41, 5.74) is 0.586. The number of likely N-dealkylation sites (tertiary alicyclic amines) is 1. The first-order valence-electron chi connectivity index (χ1n) is 9.93. The zero-order valence-corrected chi connectivity index (χ0v) is 16.5. The first-order chi connectivity index (χ1) is 14.4. The molecule has 3 amide bonds. The maximum absolute atomic E-state index is 12.4. The van der Waals surface area contributed by atoms with Crippen molar-refractivity contribution in [1.82, 2.24) is 4.90 Å². The lowest BCUT2D eigenvalue weighted by atomic mass is 9.85. The van der Waals surface area contributed by atoms with Gasteiger partial charge in [-0.3, -0.25) is 24.1 Å². The molecule has 7 nitrogen and oxygen atoms in total. The first-order valence-corrected chi connectivity index (χ1v) is 9.93. The predicted octanol–water partition coefficient (Wildman–Crippen LogP) is 2.66. The van der Waals surface area contributed by atoms with Crippen LogP contribution < -0.4 is 5.32 Å². The van der Waals surface area contributed by atoms with Gasteiger partial charge in [0.15, 0.2) is 6.10 Å². The number of allylic oxidation sites excluding steroid dienone is 2. The van der Waals surface area contributed by atoms with Crippen LogP contribution in [0.2, 0.25) is 0 Å². The van der Waals surface area contributed by atoms with E-state index in [1.807, 2.05) is 48.6 Å². The van der Waals surface area contributed by atoms with E-state index in [0.29, 0.717) is 18.5 Å². The Hall–Kier alpha value is -3.48. The second kappa shape index (κ2) is 8.10. The third-order valence-corrected chi connectivity index (χ3v) is 5.58. The van der Waals surface area contributed by atoms with Crippen molar-refractivity contribution < 1.29 is 23.9 Å². The molecule has 1 N–H and O–H groups in total. The SMILES string of the molecule is C[C@@H](OC(=O)CN1C(=O)[C@H]2CC=CC[C@H]2C1=O)C(=O)Nc1ccc2ccccc2c1. The van der Waals surface area contributed by atoms with Gasteiger partial charge in [-0.1, -0.05) is 42.5 Å². The number of hydrogen-bond donors (Lipinski definition) is 1. The molecule has 1 saturated heterocycles. The Morgan fingerprint density at radius 1 is 1.03 bits per heavy atom. The van der Waals surface area contributed by atoms with Gasteiger partial charge in [0, 0.05) is 5.69 Å². The van der Waals surface area contributed by atoms with Crippen molar-refractivity contribution in [3.05, 3.63) is 54.6 Å². The fourth-order valence-electron chi connectivity index (χ4n) is 3.95. The van der Waals surface area contributed by atoms with Crippen LogP contribution in [0.25, 0.3) is 10.8 Å². The molecule has 0 spiro atoms. The number of amides is 3. The molecule has 1 heterocycles. The van der Waals surface area contributed by atoms with Gasteiger partial charge in [0.1, 0.15) is 6.54 Å². The summed E-state index contributed by atoms with van der Waals surface area (Å²) in [6.45, 7) is 0.976. The van der Waals surface area contributed by atoms with Crippen LogP contribution in [-0.4, -0.2) is 41.2 Å². The average Bonchev–Trinajstić information content (AvgIpc) is 2.98. The van der Waals surface area contributed by atoms with Crippen LogP contribution >= 0.6 is 0 Å². The number of fused-ring (bicyclic) bond motifs is 2. The quantitative estimate of drug-likeness (QED) is 0.468. The van der Waals surface area contributed by atoms with Crippen molar-refractivity contribution in [2.75, 3.05) is 11.9 Å². The second-order valence-corrected chi connectivity index (χ2v) is 7.60. The van der Waals surface area contributed by atoms with Gasteiger partial charge in [-0.2, -0.15) is 0 Å². The molecule has 2 aromatic carbocycles. The monoisotopic (exact) mass is 406 g/mol.